The highest BCUT2D eigenvalue weighted by Crippen LogP contribution is 2.27. The SMILES string of the molecule is Cc1cc(C(=O)NC2CCc3ccc(OCc4ccnc(C(N)=O)c4)cc3C2)ccc1Br. The van der Waals surface area contributed by atoms with E-state index in [-0.39, 0.29) is 17.6 Å². The number of nitrogens with zero attached hydrogens (tertiary/aromatic N) is 1. The van der Waals surface area contributed by atoms with E-state index in [1.165, 1.54) is 11.1 Å². The van der Waals surface area contributed by atoms with Gasteiger partial charge in [0, 0.05) is 22.3 Å². The predicted molar refractivity (Wildman–Crippen MR) is 126 cm³/mol. The molecule has 2 aromatic carbocycles. The molecule has 0 aliphatic heterocycles. The number of amides is 2. The lowest BCUT2D eigenvalue weighted by Gasteiger charge is -2.26. The molecule has 1 atom stereocenters. The van der Waals surface area contributed by atoms with E-state index in [2.05, 4.69) is 32.3 Å². The van der Waals surface area contributed by atoms with Crippen LogP contribution in [-0.4, -0.2) is 22.8 Å². The summed E-state index contributed by atoms with van der Waals surface area (Å²) in [5.74, 6) is 0.133. The molecule has 1 aliphatic carbocycles. The minimum absolute atomic E-state index is 0.0515. The van der Waals surface area contributed by atoms with Crippen LogP contribution in [0.2, 0.25) is 0 Å². The number of halogens is 1. The van der Waals surface area contributed by atoms with Crippen molar-refractivity contribution in [1.29, 1.82) is 0 Å². The molecule has 0 bridgehead atoms. The molecule has 0 radical (unpaired) electrons. The summed E-state index contributed by atoms with van der Waals surface area (Å²) in [4.78, 5) is 28.0. The van der Waals surface area contributed by atoms with Crippen LogP contribution in [0.15, 0.2) is 59.2 Å². The summed E-state index contributed by atoms with van der Waals surface area (Å²) >= 11 is 3.47. The highest BCUT2D eigenvalue weighted by atomic mass is 79.9. The Balaban J connectivity index is 1.40. The molecule has 1 aromatic heterocycles. The zero-order chi connectivity index (χ0) is 22.7. The number of carbonyl (C=O) groups is 2. The Kier molecular flexibility index (Phi) is 6.55. The van der Waals surface area contributed by atoms with Crippen molar-refractivity contribution in [3.8, 4) is 5.75 Å². The number of aromatic nitrogens is 1. The van der Waals surface area contributed by atoms with Crippen LogP contribution in [0.1, 0.15) is 49.5 Å². The van der Waals surface area contributed by atoms with Gasteiger partial charge in [-0.3, -0.25) is 14.6 Å². The van der Waals surface area contributed by atoms with Crippen LogP contribution >= 0.6 is 15.9 Å². The van der Waals surface area contributed by atoms with E-state index in [1.54, 1.807) is 18.3 Å². The molecular formula is C25H24BrN3O3. The Morgan fingerprint density at radius 3 is 2.78 bits per heavy atom. The third-order valence-corrected chi connectivity index (χ3v) is 6.53. The highest BCUT2D eigenvalue weighted by Gasteiger charge is 2.21. The average Bonchev–Trinajstić information content (AvgIpc) is 2.79. The number of rotatable bonds is 6. The summed E-state index contributed by atoms with van der Waals surface area (Å²) in [6.45, 7) is 2.28. The van der Waals surface area contributed by atoms with Gasteiger partial charge in [0.15, 0.2) is 0 Å². The molecule has 0 saturated carbocycles. The first kappa shape index (κ1) is 22.0. The van der Waals surface area contributed by atoms with Crippen LogP contribution < -0.4 is 15.8 Å². The van der Waals surface area contributed by atoms with Gasteiger partial charge in [-0.1, -0.05) is 22.0 Å². The Morgan fingerprint density at radius 2 is 2.00 bits per heavy atom. The second-order valence-corrected chi connectivity index (χ2v) is 8.86. The van der Waals surface area contributed by atoms with Gasteiger partial charge < -0.3 is 15.8 Å². The summed E-state index contributed by atoms with van der Waals surface area (Å²) in [5.41, 5.74) is 10.5. The standard InChI is InChI=1S/C25H24BrN3O3/c1-15-10-18(4-7-22(15)26)25(31)29-20-5-2-17-3-6-21(13-19(17)12-20)32-14-16-8-9-28-23(11-16)24(27)30/h3-4,6-11,13,20H,2,5,12,14H2,1H3,(H2,27,30)(H,29,31). The molecule has 0 spiro atoms. The largest absolute Gasteiger partial charge is 0.489 e. The summed E-state index contributed by atoms with van der Waals surface area (Å²) in [6.07, 6.45) is 4.12. The fourth-order valence-electron chi connectivity index (χ4n) is 3.87. The lowest BCUT2D eigenvalue weighted by Crippen LogP contribution is -2.38. The third kappa shape index (κ3) is 5.16. The lowest BCUT2D eigenvalue weighted by atomic mass is 9.88. The van der Waals surface area contributed by atoms with E-state index in [9.17, 15) is 9.59 Å². The molecule has 1 unspecified atom stereocenters. The van der Waals surface area contributed by atoms with Crippen molar-refractivity contribution >= 4 is 27.7 Å². The topological polar surface area (TPSA) is 94.3 Å². The van der Waals surface area contributed by atoms with Gasteiger partial charge in [0.1, 0.15) is 18.1 Å². The molecule has 6 nitrogen and oxygen atoms in total. The number of hydrogen-bond acceptors (Lipinski definition) is 4. The van der Waals surface area contributed by atoms with Crippen molar-refractivity contribution in [2.24, 2.45) is 5.73 Å². The maximum absolute atomic E-state index is 12.7. The van der Waals surface area contributed by atoms with E-state index >= 15 is 0 Å². The highest BCUT2D eigenvalue weighted by molar-refractivity contribution is 9.10. The minimum Gasteiger partial charge on any atom is -0.489 e. The van der Waals surface area contributed by atoms with Gasteiger partial charge in [-0.05, 0) is 90.9 Å². The molecule has 164 valence electrons. The Labute approximate surface area is 195 Å². The molecule has 3 N–H and O–H groups in total. The summed E-state index contributed by atoms with van der Waals surface area (Å²) in [5, 5.41) is 3.17. The number of nitrogens with one attached hydrogen (secondary N) is 1. The number of benzene rings is 2. The molecule has 4 rings (SSSR count). The summed E-state index contributed by atoms with van der Waals surface area (Å²) in [6, 6.07) is 15.2. The van der Waals surface area contributed by atoms with Crippen molar-refractivity contribution in [2.45, 2.75) is 38.8 Å². The van der Waals surface area contributed by atoms with Gasteiger partial charge in [0.05, 0.1) is 0 Å². The number of aryl methyl sites for hydroxylation is 2. The number of pyridine rings is 1. The molecule has 1 heterocycles. The van der Waals surface area contributed by atoms with Crippen LogP contribution in [0.25, 0.3) is 0 Å². The van der Waals surface area contributed by atoms with Gasteiger partial charge in [-0.25, -0.2) is 0 Å². The first-order valence-electron chi connectivity index (χ1n) is 10.5. The molecule has 3 aromatic rings. The van der Waals surface area contributed by atoms with Crippen LogP contribution in [0.4, 0.5) is 0 Å². The first-order valence-corrected chi connectivity index (χ1v) is 11.2. The Bertz CT molecular complexity index is 1180. The van der Waals surface area contributed by atoms with Crippen molar-refractivity contribution in [3.05, 3.63) is 92.7 Å². The molecule has 7 heteroatoms. The van der Waals surface area contributed by atoms with E-state index in [4.69, 9.17) is 10.5 Å². The third-order valence-electron chi connectivity index (χ3n) is 5.64. The number of carbonyl (C=O) groups excluding carboxylic acids is 2. The second kappa shape index (κ2) is 9.53. The first-order chi connectivity index (χ1) is 15.4. The lowest BCUT2D eigenvalue weighted by molar-refractivity contribution is 0.0932. The minimum atomic E-state index is -0.563. The maximum Gasteiger partial charge on any atom is 0.267 e. The van der Waals surface area contributed by atoms with Crippen LogP contribution in [-0.2, 0) is 19.4 Å². The van der Waals surface area contributed by atoms with E-state index in [0.29, 0.717) is 12.2 Å². The van der Waals surface area contributed by atoms with Crippen molar-refractivity contribution < 1.29 is 14.3 Å². The van der Waals surface area contributed by atoms with Gasteiger partial charge in [0.2, 0.25) is 0 Å². The molecule has 2 amide bonds. The van der Waals surface area contributed by atoms with Crippen LogP contribution in [0.3, 0.4) is 0 Å². The van der Waals surface area contributed by atoms with E-state index in [1.807, 2.05) is 37.3 Å². The fraction of sp³-hybridized carbons (Fsp3) is 0.240. The molecule has 0 saturated heterocycles. The monoisotopic (exact) mass is 493 g/mol. The second-order valence-electron chi connectivity index (χ2n) is 8.01. The zero-order valence-corrected chi connectivity index (χ0v) is 19.3. The Morgan fingerprint density at radius 1 is 1.16 bits per heavy atom. The van der Waals surface area contributed by atoms with Crippen molar-refractivity contribution in [1.82, 2.24) is 10.3 Å². The van der Waals surface area contributed by atoms with Gasteiger partial charge in [-0.2, -0.15) is 0 Å². The number of ether oxygens (including phenoxy) is 1. The fourth-order valence-corrected chi connectivity index (χ4v) is 4.11. The van der Waals surface area contributed by atoms with E-state index in [0.717, 1.165) is 40.6 Å². The zero-order valence-electron chi connectivity index (χ0n) is 17.7. The van der Waals surface area contributed by atoms with Gasteiger partial charge in [-0.15, -0.1) is 0 Å². The normalized spacial score (nSPS) is 15.0. The number of hydrogen-bond donors (Lipinski definition) is 2. The molecule has 1 aliphatic rings. The van der Waals surface area contributed by atoms with Crippen molar-refractivity contribution in [3.63, 3.8) is 0 Å². The molecular weight excluding hydrogens is 470 g/mol. The van der Waals surface area contributed by atoms with Crippen molar-refractivity contribution in [2.75, 3.05) is 0 Å². The van der Waals surface area contributed by atoms with Crippen LogP contribution in [0, 0.1) is 6.92 Å². The van der Waals surface area contributed by atoms with Crippen LogP contribution in [0.5, 0.6) is 5.75 Å². The molecule has 32 heavy (non-hydrogen) atoms. The summed E-state index contributed by atoms with van der Waals surface area (Å²) in [7, 11) is 0. The number of fused-ring (bicyclic) bond motifs is 1. The molecule has 0 fully saturated rings. The summed E-state index contributed by atoms with van der Waals surface area (Å²) < 4.78 is 6.92. The van der Waals surface area contributed by atoms with Gasteiger partial charge >= 0.3 is 0 Å². The maximum atomic E-state index is 12.7. The number of nitrogens with two attached hydrogens (primary N) is 1. The Hall–Kier alpha value is -3.19. The quantitative estimate of drug-likeness (QED) is 0.539. The van der Waals surface area contributed by atoms with E-state index < -0.39 is 5.91 Å². The predicted octanol–water partition coefficient (Wildman–Crippen LogP) is 4.12. The van der Waals surface area contributed by atoms with Gasteiger partial charge in [0.25, 0.3) is 11.8 Å². The average molecular weight is 494 g/mol. The smallest absolute Gasteiger partial charge is 0.267 e. The number of primary amides is 1.